The van der Waals surface area contributed by atoms with Gasteiger partial charge in [0, 0.05) is 32.6 Å². The van der Waals surface area contributed by atoms with E-state index in [0.717, 1.165) is 32.6 Å². The van der Waals surface area contributed by atoms with Crippen molar-refractivity contribution < 1.29 is 4.79 Å². The Labute approximate surface area is 127 Å². The summed E-state index contributed by atoms with van der Waals surface area (Å²) in [6.45, 7) is 7.45. The molecule has 1 amide bonds. The highest BCUT2D eigenvalue weighted by Crippen LogP contribution is 2.28. The molecule has 4 nitrogen and oxygen atoms in total. The minimum absolute atomic E-state index is 0.254. The summed E-state index contributed by atoms with van der Waals surface area (Å²) in [5, 5.41) is 0. The summed E-state index contributed by atoms with van der Waals surface area (Å²) in [5.74, 6) is 0.971. The summed E-state index contributed by atoms with van der Waals surface area (Å²) in [5.41, 5.74) is 5.56. The molecule has 1 aliphatic heterocycles. The van der Waals surface area contributed by atoms with Gasteiger partial charge in [0.05, 0.1) is 10.5 Å². The van der Waals surface area contributed by atoms with Crippen molar-refractivity contribution >= 4 is 23.1 Å². The average molecular weight is 297 g/mol. The van der Waals surface area contributed by atoms with Gasteiger partial charge in [0.25, 0.3) is 0 Å². The summed E-state index contributed by atoms with van der Waals surface area (Å²) in [4.78, 5) is 17.1. The third kappa shape index (κ3) is 3.50. The van der Waals surface area contributed by atoms with Crippen molar-refractivity contribution in [3.63, 3.8) is 0 Å². The predicted octanol–water partition coefficient (Wildman–Crippen LogP) is 1.78. The van der Waals surface area contributed by atoms with E-state index < -0.39 is 0 Å². The van der Waals surface area contributed by atoms with Crippen LogP contribution in [0.25, 0.3) is 0 Å². The Kier molecular flexibility index (Phi) is 5.02. The number of rotatable bonds is 4. The van der Waals surface area contributed by atoms with Crippen LogP contribution in [0.5, 0.6) is 0 Å². The fourth-order valence-corrected chi connectivity index (χ4v) is 3.39. The lowest BCUT2D eigenvalue weighted by atomic mass is 10.0. The van der Waals surface area contributed by atoms with Crippen LogP contribution in [0.1, 0.15) is 46.0 Å². The molecule has 1 saturated heterocycles. The zero-order valence-corrected chi connectivity index (χ0v) is 13.5. The Bertz CT molecular complexity index is 369. The molecule has 0 atom stereocenters. The van der Waals surface area contributed by atoms with Crippen molar-refractivity contribution in [3.05, 3.63) is 0 Å². The number of nitrogens with zero attached hydrogens (tertiary/aromatic N) is 2. The second-order valence-corrected chi connectivity index (χ2v) is 7.09. The van der Waals surface area contributed by atoms with Crippen LogP contribution in [0.15, 0.2) is 0 Å². The quantitative estimate of drug-likeness (QED) is 0.804. The highest BCUT2D eigenvalue weighted by molar-refractivity contribution is 7.80. The minimum Gasteiger partial charge on any atom is -0.392 e. The standard InChI is InChI=1S/C15H27N3OS/c1-15(2,14(16)20)18-9-7-17(8-10-18)13(19)11-12-5-3-4-6-12/h12H,3-11H2,1-2H3,(H2,16,20). The van der Waals surface area contributed by atoms with Crippen LogP contribution in [-0.2, 0) is 4.79 Å². The van der Waals surface area contributed by atoms with E-state index in [2.05, 4.69) is 18.7 Å². The van der Waals surface area contributed by atoms with Crippen molar-refractivity contribution in [1.82, 2.24) is 9.80 Å². The smallest absolute Gasteiger partial charge is 0.222 e. The number of thiocarbonyl (C=S) groups is 1. The van der Waals surface area contributed by atoms with Gasteiger partial charge in [-0.15, -0.1) is 0 Å². The molecule has 0 aromatic rings. The van der Waals surface area contributed by atoms with E-state index in [9.17, 15) is 4.79 Å². The highest BCUT2D eigenvalue weighted by atomic mass is 32.1. The predicted molar refractivity (Wildman–Crippen MR) is 85.6 cm³/mol. The van der Waals surface area contributed by atoms with E-state index in [4.69, 9.17) is 18.0 Å². The van der Waals surface area contributed by atoms with E-state index in [1.165, 1.54) is 25.7 Å². The van der Waals surface area contributed by atoms with Crippen LogP contribution in [0.4, 0.5) is 0 Å². The maximum atomic E-state index is 12.3. The molecule has 0 aromatic heterocycles. The van der Waals surface area contributed by atoms with Crippen LogP contribution in [0.2, 0.25) is 0 Å². The molecule has 0 spiro atoms. The van der Waals surface area contributed by atoms with Gasteiger partial charge in [-0.25, -0.2) is 0 Å². The molecular weight excluding hydrogens is 270 g/mol. The van der Waals surface area contributed by atoms with Gasteiger partial charge in [-0.2, -0.15) is 0 Å². The maximum absolute atomic E-state index is 12.3. The van der Waals surface area contributed by atoms with Gasteiger partial charge in [-0.05, 0) is 32.6 Å². The lowest BCUT2D eigenvalue weighted by Gasteiger charge is -2.43. The number of carbonyl (C=O) groups is 1. The third-order valence-electron chi connectivity index (χ3n) is 4.96. The summed E-state index contributed by atoms with van der Waals surface area (Å²) < 4.78 is 0. The number of carbonyl (C=O) groups excluding carboxylic acids is 1. The first-order valence-corrected chi connectivity index (χ1v) is 8.15. The summed E-state index contributed by atoms with van der Waals surface area (Å²) >= 11 is 5.14. The minimum atomic E-state index is -0.254. The van der Waals surface area contributed by atoms with Gasteiger partial charge in [0.15, 0.2) is 0 Å². The van der Waals surface area contributed by atoms with Crippen LogP contribution in [0.3, 0.4) is 0 Å². The Morgan fingerprint density at radius 3 is 2.25 bits per heavy atom. The van der Waals surface area contributed by atoms with E-state index >= 15 is 0 Å². The Morgan fingerprint density at radius 2 is 1.75 bits per heavy atom. The van der Waals surface area contributed by atoms with Crippen molar-refractivity contribution in [3.8, 4) is 0 Å². The second-order valence-electron chi connectivity index (χ2n) is 6.65. The molecular formula is C15H27N3OS. The number of piperazine rings is 1. The molecule has 2 fully saturated rings. The molecule has 114 valence electrons. The lowest BCUT2D eigenvalue weighted by Crippen LogP contribution is -2.59. The molecule has 0 unspecified atom stereocenters. The van der Waals surface area contributed by atoms with Gasteiger partial charge >= 0.3 is 0 Å². The topological polar surface area (TPSA) is 49.6 Å². The number of amides is 1. The first-order chi connectivity index (χ1) is 9.41. The fraction of sp³-hybridized carbons (Fsp3) is 0.867. The van der Waals surface area contributed by atoms with Gasteiger partial charge in [-0.1, -0.05) is 25.1 Å². The summed E-state index contributed by atoms with van der Waals surface area (Å²) in [6, 6.07) is 0. The molecule has 2 rings (SSSR count). The average Bonchev–Trinajstić information content (AvgIpc) is 2.91. The Morgan fingerprint density at radius 1 is 1.20 bits per heavy atom. The molecule has 1 saturated carbocycles. The van der Waals surface area contributed by atoms with Gasteiger partial charge in [0.2, 0.25) is 5.91 Å². The zero-order valence-electron chi connectivity index (χ0n) is 12.7. The van der Waals surface area contributed by atoms with Crippen molar-refractivity contribution in [1.29, 1.82) is 0 Å². The number of hydrogen-bond acceptors (Lipinski definition) is 3. The summed E-state index contributed by atoms with van der Waals surface area (Å²) in [6.07, 6.45) is 5.82. The molecule has 0 bridgehead atoms. The molecule has 0 radical (unpaired) electrons. The monoisotopic (exact) mass is 297 g/mol. The SMILES string of the molecule is CC(C)(C(N)=S)N1CCN(C(=O)CC2CCCC2)CC1. The molecule has 5 heteroatoms. The van der Waals surface area contributed by atoms with Crippen molar-refractivity contribution in [2.75, 3.05) is 26.2 Å². The fourth-order valence-electron chi connectivity index (χ4n) is 3.26. The highest BCUT2D eigenvalue weighted by Gasteiger charge is 2.33. The number of hydrogen-bond donors (Lipinski definition) is 1. The van der Waals surface area contributed by atoms with Crippen LogP contribution in [0, 0.1) is 5.92 Å². The summed E-state index contributed by atoms with van der Waals surface area (Å²) in [7, 11) is 0. The first kappa shape index (κ1) is 15.7. The molecule has 0 aromatic carbocycles. The van der Waals surface area contributed by atoms with Gasteiger partial charge in [-0.3, -0.25) is 9.69 Å². The second kappa shape index (κ2) is 6.39. The maximum Gasteiger partial charge on any atom is 0.222 e. The van der Waals surface area contributed by atoms with Gasteiger partial charge in [0.1, 0.15) is 0 Å². The van der Waals surface area contributed by atoms with Gasteiger partial charge < -0.3 is 10.6 Å². The normalized spacial score (nSPS) is 22.2. The molecule has 2 aliphatic rings. The third-order valence-corrected chi connectivity index (χ3v) is 5.46. The van der Waals surface area contributed by atoms with E-state index in [-0.39, 0.29) is 5.54 Å². The Balaban J connectivity index is 1.81. The van der Waals surface area contributed by atoms with E-state index in [0.29, 0.717) is 16.8 Å². The first-order valence-electron chi connectivity index (χ1n) is 7.74. The lowest BCUT2D eigenvalue weighted by molar-refractivity contribution is -0.134. The molecule has 20 heavy (non-hydrogen) atoms. The largest absolute Gasteiger partial charge is 0.392 e. The van der Waals surface area contributed by atoms with Crippen molar-refractivity contribution in [2.45, 2.75) is 51.5 Å². The van der Waals surface area contributed by atoms with Crippen LogP contribution < -0.4 is 5.73 Å². The molecule has 1 heterocycles. The molecule has 1 aliphatic carbocycles. The van der Waals surface area contributed by atoms with E-state index in [1.54, 1.807) is 0 Å². The van der Waals surface area contributed by atoms with Crippen molar-refractivity contribution in [2.24, 2.45) is 11.7 Å². The Hall–Kier alpha value is -0.680. The number of nitrogens with two attached hydrogens (primary N) is 1. The van der Waals surface area contributed by atoms with Crippen LogP contribution >= 0.6 is 12.2 Å². The molecule has 2 N–H and O–H groups in total. The zero-order chi connectivity index (χ0) is 14.8. The van der Waals surface area contributed by atoms with E-state index in [1.807, 2.05) is 4.90 Å². The van der Waals surface area contributed by atoms with Crippen LogP contribution in [-0.4, -0.2) is 52.4 Å².